The van der Waals surface area contributed by atoms with Crippen molar-refractivity contribution in [2.75, 3.05) is 26.2 Å². The summed E-state index contributed by atoms with van der Waals surface area (Å²) >= 11 is 0. The number of aromatic nitrogens is 3. The number of carbonyl (C=O) groups is 1. The first-order chi connectivity index (χ1) is 17.7. The van der Waals surface area contributed by atoms with Gasteiger partial charge in [-0.15, -0.1) is 0 Å². The van der Waals surface area contributed by atoms with Gasteiger partial charge in [0, 0.05) is 38.3 Å². The van der Waals surface area contributed by atoms with Crippen LogP contribution in [0.15, 0.2) is 53.7 Å². The second kappa shape index (κ2) is 9.94. The lowest BCUT2D eigenvalue weighted by Crippen LogP contribution is -2.59. The number of carbonyl (C=O) groups excluding carboxylic acids is 1. The number of benzene rings is 1. The first-order valence-corrected chi connectivity index (χ1v) is 12.5. The summed E-state index contributed by atoms with van der Waals surface area (Å²) in [6.07, 6.45) is -0.242. The van der Waals surface area contributed by atoms with E-state index >= 15 is 0 Å². The molecule has 11 heteroatoms. The Kier molecular flexibility index (Phi) is 6.84. The summed E-state index contributed by atoms with van der Waals surface area (Å²) in [7, 11) is 0. The van der Waals surface area contributed by atoms with Gasteiger partial charge in [0.1, 0.15) is 12.2 Å². The molecule has 5 rings (SSSR count). The lowest BCUT2D eigenvalue weighted by atomic mass is 9.76. The molecule has 2 fully saturated rings. The fourth-order valence-corrected chi connectivity index (χ4v) is 5.63. The van der Waals surface area contributed by atoms with Crippen molar-refractivity contribution >= 4 is 16.9 Å². The van der Waals surface area contributed by atoms with E-state index in [9.17, 15) is 27.9 Å². The lowest BCUT2D eigenvalue weighted by molar-refractivity contribution is -0.158. The average molecular weight is 518 g/mol. The van der Waals surface area contributed by atoms with Gasteiger partial charge in [-0.05, 0) is 43.4 Å². The smallest absolute Gasteiger partial charge is 0.379 e. The van der Waals surface area contributed by atoms with E-state index in [1.807, 2.05) is 30.3 Å². The summed E-state index contributed by atoms with van der Waals surface area (Å²) in [4.78, 5) is 32.3. The molecular weight excluding hydrogens is 487 g/mol. The van der Waals surface area contributed by atoms with Gasteiger partial charge in [0.2, 0.25) is 0 Å². The molecule has 2 aliphatic rings. The SMILES string of the molecule is O=C(N1CCC(Cn2cnc3c(ccn3CC(F)(F)F)c2=O)CC1)[C@@]1(O)CCNC[C@H]1c1ccccc1. The van der Waals surface area contributed by atoms with Crippen molar-refractivity contribution in [3.05, 3.63) is 64.8 Å². The molecule has 4 heterocycles. The van der Waals surface area contributed by atoms with Crippen LogP contribution in [0.5, 0.6) is 0 Å². The van der Waals surface area contributed by atoms with Gasteiger partial charge in [0.25, 0.3) is 11.5 Å². The monoisotopic (exact) mass is 517 g/mol. The van der Waals surface area contributed by atoms with E-state index < -0.39 is 18.3 Å². The van der Waals surface area contributed by atoms with Crippen LogP contribution in [0.1, 0.15) is 30.7 Å². The highest BCUT2D eigenvalue weighted by atomic mass is 19.4. The number of hydrogen-bond donors (Lipinski definition) is 2. The Hall–Kier alpha value is -3.18. The maximum atomic E-state index is 13.5. The third-order valence-electron chi connectivity index (χ3n) is 7.63. The molecule has 8 nitrogen and oxygen atoms in total. The van der Waals surface area contributed by atoms with Crippen molar-refractivity contribution in [3.63, 3.8) is 0 Å². The molecule has 0 radical (unpaired) electrons. The van der Waals surface area contributed by atoms with Gasteiger partial charge in [0.15, 0.2) is 5.60 Å². The van der Waals surface area contributed by atoms with Crippen LogP contribution in [-0.4, -0.2) is 68.0 Å². The van der Waals surface area contributed by atoms with E-state index in [1.165, 1.54) is 23.2 Å². The normalized spacial score (nSPS) is 23.5. The molecule has 2 N–H and O–H groups in total. The van der Waals surface area contributed by atoms with Gasteiger partial charge in [-0.25, -0.2) is 4.98 Å². The molecule has 2 aromatic heterocycles. The fraction of sp³-hybridized carbons (Fsp3) is 0.500. The predicted octanol–water partition coefficient (Wildman–Crippen LogP) is 2.51. The Morgan fingerprint density at radius 1 is 1.14 bits per heavy atom. The van der Waals surface area contributed by atoms with Gasteiger partial charge >= 0.3 is 6.18 Å². The predicted molar refractivity (Wildman–Crippen MR) is 131 cm³/mol. The maximum Gasteiger partial charge on any atom is 0.406 e. The number of aliphatic hydroxyl groups is 1. The average Bonchev–Trinajstić information content (AvgIpc) is 3.28. The molecule has 1 aromatic carbocycles. The molecule has 0 saturated carbocycles. The number of likely N-dealkylation sites (tertiary alicyclic amines) is 1. The Morgan fingerprint density at radius 3 is 2.57 bits per heavy atom. The number of rotatable bonds is 5. The topological polar surface area (TPSA) is 92.4 Å². The minimum atomic E-state index is -4.41. The molecule has 198 valence electrons. The third kappa shape index (κ3) is 5.15. The van der Waals surface area contributed by atoms with Gasteiger partial charge in [-0.2, -0.15) is 13.2 Å². The van der Waals surface area contributed by atoms with Gasteiger partial charge in [0.05, 0.1) is 11.7 Å². The number of piperidine rings is 2. The number of halogens is 3. The second-order valence-corrected chi connectivity index (χ2v) is 10.1. The summed E-state index contributed by atoms with van der Waals surface area (Å²) in [5, 5.41) is 15.0. The number of hydrogen-bond acceptors (Lipinski definition) is 5. The van der Waals surface area contributed by atoms with Crippen molar-refractivity contribution in [1.29, 1.82) is 0 Å². The van der Waals surface area contributed by atoms with Crippen molar-refractivity contribution in [2.24, 2.45) is 5.92 Å². The minimum absolute atomic E-state index is 0.0159. The van der Waals surface area contributed by atoms with Gasteiger partial charge < -0.3 is 19.9 Å². The van der Waals surface area contributed by atoms with E-state index in [0.717, 1.165) is 10.1 Å². The zero-order valence-electron chi connectivity index (χ0n) is 20.3. The van der Waals surface area contributed by atoms with Crippen LogP contribution < -0.4 is 10.9 Å². The highest BCUT2D eigenvalue weighted by molar-refractivity contribution is 5.86. The van der Waals surface area contributed by atoms with Crippen LogP contribution in [0.3, 0.4) is 0 Å². The first kappa shape index (κ1) is 25.5. The fourth-order valence-electron chi connectivity index (χ4n) is 5.63. The number of nitrogens with zero attached hydrogens (tertiary/aromatic N) is 4. The lowest BCUT2D eigenvalue weighted by Gasteiger charge is -2.43. The molecule has 1 amide bonds. The number of alkyl halides is 3. The zero-order valence-corrected chi connectivity index (χ0v) is 20.3. The van der Waals surface area contributed by atoms with Crippen LogP contribution in [0, 0.1) is 5.92 Å². The minimum Gasteiger partial charge on any atom is -0.379 e. The number of amides is 1. The van der Waals surface area contributed by atoms with Crippen LogP contribution in [-0.2, 0) is 17.9 Å². The molecule has 2 saturated heterocycles. The highest BCUT2D eigenvalue weighted by Crippen LogP contribution is 2.36. The molecule has 0 spiro atoms. The molecule has 3 aromatic rings. The Balaban J connectivity index is 1.25. The van der Waals surface area contributed by atoms with E-state index in [-0.39, 0.29) is 34.3 Å². The van der Waals surface area contributed by atoms with E-state index in [2.05, 4.69) is 10.3 Å². The van der Waals surface area contributed by atoms with Crippen molar-refractivity contribution < 1.29 is 23.1 Å². The van der Waals surface area contributed by atoms with E-state index in [0.29, 0.717) is 52.0 Å². The second-order valence-electron chi connectivity index (χ2n) is 10.1. The van der Waals surface area contributed by atoms with Crippen molar-refractivity contribution in [1.82, 2.24) is 24.3 Å². The zero-order chi connectivity index (χ0) is 26.2. The molecular formula is C26H30F3N5O3. The molecule has 0 aliphatic carbocycles. The van der Waals surface area contributed by atoms with Crippen LogP contribution in [0.4, 0.5) is 13.2 Å². The number of nitrogens with one attached hydrogen (secondary N) is 1. The van der Waals surface area contributed by atoms with Crippen molar-refractivity contribution in [2.45, 2.75) is 50.0 Å². The van der Waals surface area contributed by atoms with Gasteiger partial charge in [-0.3, -0.25) is 14.2 Å². The van der Waals surface area contributed by atoms with E-state index in [1.54, 1.807) is 4.90 Å². The highest BCUT2D eigenvalue weighted by Gasteiger charge is 2.48. The Morgan fingerprint density at radius 2 is 1.86 bits per heavy atom. The van der Waals surface area contributed by atoms with E-state index in [4.69, 9.17) is 0 Å². The molecule has 37 heavy (non-hydrogen) atoms. The quantitative estimate of drug-likeness (QED) is 0.543. The van der Waals surface area contributed by atoms with Crippen LogP contribution in [0.25, 0.3) is 11.0 Å². The number of fused-ring (bicyclic) bond motifs is 1. The summed E-state index contributed by atoms with van der Waals surface area (Å²) in [6, 6.07) is 10.9. The molecule has 0 unspecified atom stereocenters. The van der Waals surface area contributed by atoms with Crippen LogP contribution >= 0.6 is 0 Å². The molecule has 2 atom stereocenters. The molecule has 2 aliphatic heterocycles. The summed E-state index contributed by atoms with van der Waals surface area (Å²) < 4.78 is 40.8. The summed E-state index contributed by atoms with van der Waals surface area (Å²) in [5.74, 6) is -0.493. The first-order valence-electron chi connectivity index (χ1n) is 12.5. The standard InChI is InChI=1S/C26H30F3N5O3/c27-26(28,29)16-33-13-8-20-22(33)31-17-34(23(20)35)15-18-6-11-32(12-7-18)24(36)25(37)9-10-30-14-21(25)19-4-2-1-3-5-19/h1-5,8,13,17-18,21,30,37H,6-7,9-12,14-16H2/t21-,25+/m0/s1. The van der Waals surface area contributed by atoms with Crippen LogP contribution in [0.2, 0.25) is 0 Å². The summed E-state index contributed by atoms with van der Waals surface area (Å²) in [6.45, 7) is 1.18. The third-order valence-corrected chi connectivity index (χ3v) is 7.63. The maximum absolute atomic E-state index is 13.5. The van der Waals surface area contributed by atoms with Crippen molar-refractivity contribution in [3.8, 4) is 0 Å². The Bertz CT molecular complexity index is 1310. The Labute approximate surface area is 211 Å². The largest absolute Gasteiger partial charge is 0.406 e. The molecule has 0 bridgehead atoms. The van der Waals surface area contributed by atoms with Gasteiger partial charge in [-0.1, -0.05) is 30.3 Å². The summed E-state index contributed by atoms with van der Waals surface area (Å²) in [5.41, 5.74) is -0.914.